The molecule has 2 aliphatic rings. The first-order chi connectivity index (χ1) is 13.7. The van der Waals surface area contributed by atoms with Gasteiger partial charge in [-0.15, -0.1) is 11.3 Å². The Hall–Kier alpha value is -2.44. The Morgan fingerprint density at radius 3 is 2.64 bits per heavy atom. The quantitative estimate of drug-likeness (QED) is 0.676. The Bertz CT molecular complexity index is 956. The third-order valence-corrected chi connectivity index (χ3v) is 6.67. The van der Waals surface area contributed by atoms with Crippen molar-refractivity contribution in [1.82, 2.24) is 15.2 Å². The predicted molar refractivity (Wildman–Crippen MR) is 115 cm³/mol. The fourth-order valence-electron chi connectivity index (χ4n) is 3.93. The molecule has 0 atom stereocenters. The molecule has 0 unspecified atom stereocenters. The van der Waals surface area contributed by atoms with Gasteiger partial charge < -0.3 is 15.5 Å². The lowest BCUT2D eigenvalue weighted by atomic mass is 10.1. The molecule has 1 saturated heterocycles. The first kappa shape index (κ1) is 17.6. The van der Waals surface area contributed by atoms with Crippen molar-refractivity contribution in [2.45, 2.75) is 37.8 Å². The molecule has 3 aromatic rings. The number of hydrogen-bond donors (Lipinski definition) is 2. The zero-order chi connectivity index (χ0) is 18.9. The second-order valence-corrected chi connectivity index (χ2v) is 8.74. The van der Waals surface area contributed by atoms with Crippen molar-refractivity contribution in [2.75, 3.05) is 18.4 Å². The normalized spacial score (nSPS) is 18.3. The van der Waals surface area contributed by atoms with E-state index in [1.807, 2.05) is 42.5 Å². The highest BCUT2D eigenvalue weighted by atomic mass is 32.1. The number of para-hydroxylation sites is 1. The monoisotopic (exact) mass is 392 g/mol. The van der Waals surface area contributed by atoms with Gasteiger partial charge in [0.05, 0.1) is 10.2 Å². The van der Waals surface area contributed by atoms with Crippen LogP contribution in [0.5, 0.6) is 0 Å². The molecule has 2 amide bonds. The number of rotatable bonds is 4. The molecule has 2 aromatic carbocycles. The van der Waals surface area contributed by atoms with Crippen molar-refractivity contribution in [3.8, 4) is 10.6 Å². The van der Waals surface area contributed by atoms with E-state index >= 15 is 0 Å². The maximum Gasteiger partial charge on any atom is 0.319 e. The van der Waals surface area contributed by atoms with Gasteiger partial charge in [0.15, 0.2) is 0 Å². The molecule has 0 radical (unpaired) electrons. The molecule has 2 N–H and O–H groups in total. The van der Waals surface area contributed by atoms with E-state index in [2.05, 4.69) is 21.6 Å². The molecule has 1 saturated carbocycles. The number of amides is 2. The van der Waals surface area contributed by atoms with Crippen LogP contribution in [0.15, 0.2) is 48.5 Å². The van der Waals surface area contributed by atoms with Crippen LogP contribution in [-0.2, 0) is 0 Å². The van der Waals surface area contributed by atoms with Gasteiger partial charge in [-0.2, -0.15) is 0 Å². The van der Waals surface area contributed by atoms with Crippen LogP contribution in [0.1, 0.15) is 25.7 Å². The van der Waals surface area contributed by atoms with Crippen LogP contribution in [0.4, 0.5) is 10.5 Å². The average Bonchev–Trinajstić information content (AvgIpc) is 3.47. The number of piperidine rings is 1. The summed E-state index contributed by atoms with van der Waals surface area (Å²) in [5.41, 5.74) is 2.83. The van der Waals surface area contributed by atoms with Crippen LogP contribution in [0.25, 0.3) is 20.8 Å². The molecule has 1 aliphatic heterocycles. The molecular weight excluding hydrogens is 368 g/mol. The van der Waals surface area contributed by atoms with E-state index < -0.39 is 0 Å². The maximum atomic E-state index is 12.4. The molecule has 2 fully saturated rings. The van der Waals surface area contributed by atoms with Crippen LogP contribution < -0.4 is 10.6 Å². The minimum atomic E-state index is -0.119. The molecule has 2 heterocycles. The van der Waals surface area contributed by atoms with Crippen molar-refractivity contribution >= 4 is 33.3 Å². The van der Waals surface area contributed by atoms with Gasteiger partial charge in [-0.3, -0.25) is 0 Å². The van der Waals surface area contributed by atoms with Gasteiger partial charge in [0, 0.05) is 36.4 Å². The highest BCUT2D eigenvalue weighted by molar-refractivity contribution is 7.21. The number of anilines is 1. The number of carbonyl (C=O) groups excluding carboxylic acids is 1. The van der Waals surface area contributed by atoms with Gasteiger partial charge >= 0.3 is 6.03 Å². The number of likely N-dealkylation sites (tertiary alicyclic amines) is 1. The lowest BCUT2D eigenvalue weighted by molar-refractivity contribution is 0.189. The Morgan fingerprint density at radius 2 is 1.86 bits per heavy atom. The van der Waals surface area contributed by atoms with E-state index in [4.69, 9.17) is 4.98 Å². The summed E-state index contributed by atoms with van der Waals surface area (Å²) in [6.45, 7) is 2.20. The van der Waals surface area contributed by atoms with Crippen LogP contribution in [0, 0.1) is 0 Å². The number of nitrogens with one attached hydrogen (secondary N) is 2. The van der Waals surface area contributed by atoms with Crippen molar-refractivity contribution in [1.29, 1.82) is 0 Å². The topological polar surface area (TPSA) is 57.3 Å². The minimum Gasteiger partial charge on any atom is -0.335 e. The first-order valence-electron chi connectivity index (χ1n) is 10.0. The highest BCUT2D eigenvalue weighted by Gasteiger charge is 2.32. The average molecular weight is 393 g/mol. The summed E-state index contributed by atoms with van der Waals surface area (Å²) in [5, 5.41) is 7.10. The smallest absolute Gasteiger partial charge is 0.319 e. The second-order valence-electron chi connectivity index (χ2n) is 7.71. The summed E-state index contributed by atoms with van der Waals surface area (Å²) in [4.78, 5) is 19.7. The van der Waals surface area contributed by atoms with Crippen molar-refractivity contribution in [3.63, 3.8) is 0 Å². The minimum absolute atomic E-state index is 0.119. The number of urea groups is 1. The number of nitrogens with zero attached hydrogens (tertiary/aromatic N) is 2. The molecule has 0 spiro atoms. The number of thiazole rings is 1. The summed E-state index contributed by atoms with van der Waals surface area (Å²) < 4.78 is 1.17. The maximum absolute atomic E-state index is 12.4. The fourth-order valence-corrected chi connectivity index (χ4v) is 4.89. The van der Waals surface area contributed by atoms with Crippen LogP contribution in [0.2, 0.25) is 0 Å². The molecule has 1 aliphatic carbocycles. The van der Waals surface area contributed by atoms with Gasteiger partial charge in [0.2, 0.25) is 0 Å². The van der Waals surface area contributed by atoms with Gasteiger partial charge in [-0.1, -0.05) is 24.3 Å². The molecule has 28 heavy (non-hydrogen) atoms. The standard InChI is InChI=1S/C22H24N4OS/c27-22(23-16-10-12-26(13-11-16)18-8-9-18)24-17-5-3-4-15(14-17)21-25-19-6-1-2-7-20(19)28-21/h1-7,14,16,18H,8-13H2,(H2,23,24,27). The van der Waals surface area contributed by atoms with Gasteiger partial charge in [-0.05, 0) is 49.9 Å². The van der Waals surface area contributed by atoms with Crippen molar-refractivity contribution in [2.24, 2.45) is 0 Å². The Balaban J connectivity index is 1.22. The molecule has 5 nitrogen and oxygen atoms in total. The Kier molecular flexibility index (Phi) is 4.74. The van der Waals surface area contributed by atoms with Crippen molar-refractivity contribution in [3.05, 3.63) is 48.5 Å². The zero-order valence-electron chi connectivity index (χ0n) is 15.7. The number of hydrogen-bond acceptors (Lipinski definition) is 4. The summed E-state index contributed by atoms with van der Waals surface area (Å²) in [7, 11) is 0. The van der Waals surface area contributed by atoms with E-state index in [-0.39, 0.29) is 12.1 Å². The molecule has 6 heteroatoms. The van der Waals surface area contributed by atoms with E-state index in [1.165, 1.54) is 17.5 Å². The predicted octanol–water partition coefficient (Wildman–Crippen LogP) is 4.71. The van der Waals surface area contributed by atoms with E-state index in [1.54, 1.807) is 11.3 Å². The highest BCUT2D eigenvalue weighted by Crippen LogP contribution is 2.31. The lowest BCUT2D eigenvalue weighted by Gasteiger charge is -2.32. The first-order valence-corrected chi connectivity index (χ1v) is 10.8. The van der Waals surface area contributed by atoms with Crippen molar-refractivity contribution < 1.29 is 4.79 Å². The third-order valence-electron chi connectivity index (χ3n) is 5.59. The fraction of sp³-hybridized carbons (Fsp3) is 0.364. The summed E-state index contributed by atoms with van der Waals surface area (Å²) >= 11 is 1.67. The molecule has 5 rings (SSSR count). The summed E-state index contributed by atoms with van der Waals surface area (Å²) in [5.74, 6) is 0. The largest absolute Gasteiger partial charge is 0.335 e. The molecule has 144 valence electrons. The van der Waals surface area contributed by atoms with Crippen LogP contribution in [-0.4, -0.2) is 41.1 Å². The second kappa shape index (κ2) is 7.53. The summed E-state index contributed by atoms with van der Waals surface area (Å²) in [6, 6.07) is 17.0. The Morgan fingerprint density at radius 1 is 1.04 bits per heavy atom. The number of aromatic nitrogens is 1. The zero-order valence-corrected chi connectivity index (χ0v) is 16.5. The van der Waals surface area contributed by atoms with Crippen LogP contribution in [0.3, 0.4) is 0 Å². The number of fused-ring (bicyclic) bond motifs is 1. The number of benzene rings is 2. The van der Waals surface area contributed by atoms with E-state index in [0.717, 1.165) is 53.7 Å². The third kappa shape index (κ3) is 3.88. The summed E-state index contributed by atoms with van der Waals surface area (Å²) in [6.07, 6.45) is 4.78. The van der Waals surface area contributed by atoms with Crippen LogP contribution >= 0.6 is 11.3 Å². The Labute approximate surface area is 168 Å². The van der Waals surface area contributed by atoms with E-state index in [0.29, 0.717) is 0 Å². The van der Waals surface area contributed by atoms with Gasteiger partial charge in [0.25, 0.3) is 0 Å². The SMILES string of the molecule is O=C(Nc1cccc(-c2nc3ccccc3s2)c1)NC1CCN(C2CC2)CC1. The van der Waals surface area contributed by atoms with Gasteiger partial charge in [0.1, 0.15) is 5.01 Å². The lowest BCUT2D eigenvalue weighted by Crippen LogP contribution is -2.46. The van der Waals surface area contributed by atoms with E-state index in [9.17, 15) is 4.79 Å². The molecule has 0 bridgehead atoms. The molecular formula is C22H24N4OS. The molecule has 1 aromatic heterocycles. The number of carbonyl (C=O) groups is 1. The van der Waals surface area contributed by atoms with Gasteiger partial charge in [-0.25, -0.2) is 9.78 Å².